The Morgan fingerprint density at radius 3 is 2.06 bits per heavy atom. The summed E-state index contributed by atoms with van der Waals surface area (Å²) in [6.07, 6.45) is 6.72. The molecule has 242 valence electrons. The van der Waals surface area contributed by atoms with Gasteiger partial charge in [-0.3, -0.25) is 0 Å². The summed E-state index contributed by atoms with van der Waals surface area (Å²) in [5.74, 6) is 0.616. The lowest BCUT2D eigenvalue weighted by Gasteiger charge is -2.29. The van der Waals surface area contributed by atoms with E-state index in [9.17, 15) is 0 Å². The van der Waals surface area contributed by atoms with Crippen molar-refractivity contribution in [1.29, 1.82) is 0 Å². The molecular formula is C47H33N3O. The van der Waals surface area contributed by atoms with E-state index in [-0.39, 0.29) is 0 Å². The number of hydrogen-bond donors (Lipinski definition) is 0. The van der Waals surface area contributed by atoms with E-state index in [4.69, 9.17) is 9.40 Å². The summed E-state index contributed by atoms with van der Waals surface area (Å²) < 4.78 is 8.96. The molecule has 0 saturated heterocycles. The van der Waals surface area contributed by atoms with E-state index < -0.39 is 0 Å². The number of rotatable bonds is 6. The molecule has 0 fully saturated rings. The smallest absolute Gasteiger partial charge is 0.227 e. The molecule has 0 radical (unpaired) electrons. The molecule has 51 heavy (non-hydrogen) atoms. The van der Waals surface area contributed by atoms with E-state index in [0.717, 1.165) is 74.2 Å². The SMILES string of the molecule is C1=Cc2c(c3ccccc3n2-c2ccc(N(c3ccccc3-c3ccccc3)c3cc4oc(-c5ccccc5)nc4c4ccccc34)cc2)CC1. The Kier molecular flexibility index (Phi) is 6.91. The van der Waals surface area contributed by atoms with Gasteiger partial charge in [0.05, 0.1) is 16.9 Å². The van der Waals surface area contributed by atoms with E-state index in [1.165, 1.54) is 22.2 Å². The number of aryl methyl sites for hydroxylation is 1. The summed E-state index contributed by atoms with van der Waals surface area (Å²) >= 11 is 0. The maximum absolute atomic E-state index is 6.55. The fraction of sp³-hybridized carbons (Fsp3) is 0.0426. The van der Waals surface area contributed by atoms with Crippen molar-refractivity contribution in [2.75, 3.05) is 4.90 Å². The summed E-state index contributed by atoms with van der Waals surface area (Å²) in [4.78, 5) is 7.41. The number of nitrogens with zero attached hydrogens (tertiary/aromatic N) is 3. The Labute approximate surface area is 296 Å². The first-order valence-electron chi connectivity index (χ1n) is 17.5. The van der Waals surface area contributed by atoms with Gasteiger partial charge in [0.1, 0.15) is 5.52 Å². The number of aromatic nitrogens is 2. The van der Waals surface area contributed by atoms with Gasteiger partial charge < -0.3 is 13.9 Å². The van der Waals surface area contributed by atoms with E-state index in [2.05, 4.69) is 155 Å². The molecule has 0 N–H and O–H groups in total. The highest BCUT2D eigenvalue weighted by atomic mass is 16.3. The molecule has 0 aliphatic heterocycles. The fourth-order valence-corrected chi connectivity index (χ4v) is 7.78. The third kappa shape index (κ3) is 4.87. The molecule has 4 nitrogen and oxygen atoms in total. The molecule has 0 bridgehead atoms. The minimum absolute atomic E-state index is 0.616. The number of fused-ring (bicyclic) bond motifs is 6. The van der Waals surface area contributed by atoms with Gasteiger partial charge in [-0.2, -0.15) is 0 Å². The third-order valence-electron chi connectivity index (χ3n) is 10.1. The lowest BCUT2D eigenvalue weighted by atomic mass is 10.00. The summed E-state index contributed by atoms with van der Waals surface area (Å²) in [6.45, 7) is 0. The highest BCUT2D eigenvalue weighted by Crippen LogP contribution is 2.46. The molecule has 10 rings (SSSR count). The molecule has 0 amide bonds. The van der Waals surface area contributed by atoms with Gasteiger partial charge in [-0.15, -0.1) is 0 Å². The van der Waals surface area contributed by atoms with Crippen LogP contribution in [0.25, 0.3) is 67.1 Å². The third-order valence-corrected chi connectivity index (χ3v) is 10.1. The molecule has 0 unspecified atom stereocenters. The predicted molar refractivity (Wildman–Crippen MR) is 211 cm³/mol. The van der Waals surface area contributed by atoms with Crippen molar-refractivity contribution in [2.24, 2.45) is 0 Å². The van der Waals surface area contributed by atoms with Gasteiger partial charge in [-0.25, -0.2) is 4.98 Å². The van der Waals surface area contributed by atoms with Crippen LogP contribution >= 0.6 is 0 Å². The molecule has 9 aromatic rings. The Morgan fingerprint density at radius 2 is 1.25 bits per heavy atom. The molecule has 7 aromatic carbocycles. The number of allylic oxidation sites excluding steroid dienone is 1. The topological polar surface area (TPSA) is 34.2 Å². The highest BCUT2D eigenvalue weighted by molar-refractivity contribution is 6.12. The van der Waals surface area contributed by atoms with E-state index in [1.807, 2.05) is 30.3 Å². The van der Waals surface area contributed by atoms with Crippen LogP contribution in [-0.2, 0) is 6.42 Å². The minimum Gasteiger partial charge on any atom is -0.436 e. The normalized spacial score (nSPS) is 12.5. The van der Waals surface area contributed by atoms with Gasteiger partial charge in [0, 0.05) is 50.4 Å². The van der Waals surface area contributed by atoms with Crippen LogP contribution in [0.1, 0.15) is 17.7 Å². The molecule has 0 saturated carbocycles. The fourth-order valence-electron chi connectivity index (χ4n) is 7.78. The van der Waals surface area contributed by atoms with Crippen LogP contribution in [0.4, 0.5) is 17.1 Å². The molecular weight excluding hydrogens is 623 g/mol. The molecule has 2 aromatic heterocycles. The van der Waals surface area contributed by atoms with Crippen molar-refractivity contribution in [1.82, 2.24) is 9.55 Å². The van der Waals surface area contributed by atoms with Gasteiger partial charge in [-0.1, -0.05) is 115 Å². The zero-order chi connectivity index (χ0) is 33.7. The maximum Gasteiger partial charge on any atom is 0.227 e. The van der Waals surface area contributed by atoms with Crippen molar-refractivity contribution in [3.05, 3.63) is 181 Å². The largest absolute Gasteiger partial charge is 0.436 e. The molecule has 1 aliphatic rings. The lowest BCUT2D eigenvalue weighted by Crippen LogP contribution is -2.12. The number of hydrogen-bond acceptors (Lipinski definition) is 3. The van der Waals surface area contributed by atoms with Crippen LogP contribution in [0.15, 0.2) is 174 Å². The summed E-state index contributed by atoms with van der Waals surface area (Å²) in [5.41, 5.74) is 13.1. The van der Waals surface area contributed by atoms with E-state index in [1.54, 1.807) is 0 Å². The second-order valence-corrected chi connectivity index (χ2v) is 13.1. The molecule has 1 aliphatic carbocycles. The van der Waals surface area contributed by atoms with Crippen LogP contribution in [0.5, 0.6) is 0 Å². The maximum atomic E-state index is 6.55. The van der Waals surface area contributed by atoms with Crippen molar-refractivity contribution < 1.29 is 4.42 Å². The number of oxazole rings is 1. The van der Waals surface area contributed by atoms with Crippen molar-refractivity contribution in [2.45, 2.75) is 12.8 Å². The first kappa shape index (κ1) is 29.3. The monoisotopic (exact) mass is 655 g/mol. The summed E-state index contributed by atoms with van der Waals surface area (Å²) in [6, 6.07) is 57.9. The van der Waals surface area contributed by atoms with Gasteiger partial charge in [0.2, 0.25) is 5.89 Å². The number of para-hydroxylation sites is 2. The van der Waals surface area contributed by atoms with Crippen molar-refractivity contribution in [3.63, 3.8) is 0 Å². The molecule has 0 spiro atoms. The Balaban J connectivity index is 1.20. The average molecular weight is 656 g/mol. The quantitative estimate of drug-likeness (QED) is 0.179. The standard InChI is InChI=1S/C47H33N3O/c1-3-15-32(16-4-1)36-19-9-12-24-41(36)50(35-29-27-34(28-30-35)49-42-25-13-10-20-37(42)38-21-11-14-26-43(38)49)44-31-45-46(40-23-8-7-22-39(40)44)48-47(51-45)33-17-5-2-6-18-33/h1-10,12-20,22-31H,11,21H2. The Hall–Kier alpha value is -6.65. The van der Waals surface area contributed by atoms with Gasteiger partial charge >= 0.3 is 0 Å². The van der Waals surface area contributed by atoms with E-state index >= 15 is 0 Å². The molecule has 2 heterocycles. The second kappa shape index (κ2) is 12.0. The van der Waals surface area contributed by atoms with Crippen LogP contribution < -0.4 is 4.90 Å². The molecule has 0 atom stereocenters. The number of anilines is 3. The Morgan fingerprint density at radius 1 is 0.588 bits per heavy atom. The first-order chi connectivity index (χ1) is 25.3. The predicted octanol–water partition coefficient (Wildman–Crippen LogP) is 12.7. The van der Waals surface area contributed by atoms with Gasteiger partial charge in [0.15, 0.2) is 5.58 Å². The van der Waals surface area contributed by atoms with E-state index in [0.29, 0.717) is 5.89 Å². The average Bonchev–Trinajstić information content (AvgIpc) is 3.79. The Bertz CT molecular complexity index is 2740. The van der Waals surface area contributed by atoms with Crippen LogP contribution in [0.2, 0.25) is 0 Å². The summed E-state index contributed by atoms with van der Waals surface area (Å²) in [7, 11) is 0. The van der Waals surface area contributed by atoms with Crippen LogP contribution in [-0.4, -0.2) is 9.55 Å². The van der Waals surface area contributed by atoms with Gasteiger partial charge in [-0.05, 0) is 78.6 Å². The lowest BCUT2D eigenvalue weighted by molar-refractivity contribution is 0.620. The zero-order valence-electron chi connectivity index (χ0n) is 27.9. The first-order valence-corrected chi connectivity index (χ1v) is 17.5. The van der Waals surface area contributed by atoms with Crippen LogP contribution in [0, 0.1) is 0 Å². The van der Waals surface area contributed by atoms with Crippen molar-refractivity contribution >= 4 is 55.9 Å². The zero-order valence-corrected chi connectivity index (χ0v) is 27.9. The van der Waals surface area contributed by atoms with Crippen LogP contribution in [0.3, 0.4) is 0 Å². The minimum atomic E-state index is 0.616. The molecule has 4 heteroatoms. The summed E-state index contributed by atoms with van der Waals surface area (Å²) in [5, 5.41) is 3.48. The number of benzene rings is 7. The second-order valence-electron chi connectivity index (χ2n) is 13.1. The van der Waals surface area contributed by atoms with Crippen molar-refractivity contribution in [3.8, 4) is 28.3 Å². The highest BCUT2D eigenvalue weighted by Gasteiger charge is 2.23. The van der Waals surface area contributed by atoms with Gasteiger partial charge in [0.25, 0.3) is 0 Å².